The molecule has 1 aromatic rings. The van der Waals surface area contributed by atoms with E-state index in [1.54, 1.807) is 14.2 Å². The van der Waals surface area contributed by atoms with Crippen molar-refractivity contribution >= 4 is 11.7 Å². The van der Waals surface area contributed by atoms with E-state index in [1.165, 1.54) is 0 Å². The van der Waals surface area contributed by atoms with Crippen LogP contribution < -0.4 is 14.8 Å². The maximum Gasteiger partial charge on any atom is 0.346 e. The molecule has 1 heterocycles. The predicted octanol–water partition coefficient (Wildman–Crippen LogP) is 2.41. The highest BCUT2D eigenvalue weighted by atomic mass is 16.5. The fourth-order valence-corrected chi connectivity index (χ4v) is 2.45. The zero-order valence-corrected chi connectivity index (χ0v) is 11.2. The number of nitrogens with one attached hydrogen (secondary N) is 1. The van der Waals surface area contributed by atoms with Crippen LogP contribution in [0.3, 0.4) is 0 Å². The monoisotopic (exact) mass is 270 g/mol. The minimum atomic E-state index is -0.330. The molecule has 2 amide bonds. The lowest BCUT2D eigenvalue weighted by atomic mass is 9.91. The predicted molar refractivity (Wildman–Crippen MR) is 75.5 cm³/mol. The third kappa shape index (κ3) is 1.97. The number of nitrogens with zero attached hydrogens (tertiary/aromatic N) is 1. The summed E-state index contributed by atoms with van der Waals surface area (Å²) in [6.07, 6.45) is 5.76. The number of ether oxygens (including phenoxy) is 2. The Labute approximate surface area is 116 Å². The Hall–Kier alpha value is -2.56. The van der Waals surface area contributed by atoms with Gasteiger partial charge in [-0.3, -0.25) is 0 Å². The van der Waals surface area contributed by atoms with Gasteiger partial charge in [0.25, 0.3) is 0 Å². The normalized spacial score (nSPS) is 19.9. The molecular weight excluding hydrogens is 256 g/mol. The first-order valence-electron chi connectivity index (χ1n) is 6.24. The number of aliphatic imine (C=N–C) groups is 1. The van der Waals surface area contributed by atoms with Gasteiger partial charge in [-0.05, 0) is 24.3 Å². The quantitative estimate of drug-likeness (QED) is 0.917. The first-order valence-corrected chi connectivity index (χ1v) is 6.24. The molecule has 5 heteroatoms. The maximum absolute atomic E-state index is 11.3. The molecule has 0 bridgehead atoms. The lowest BCUT2D eigenvalue weighted by Crippen LogP contribution is -2.17. The van der Waals surface area contributed by atoms with Gasteiger partial charge >= 0.3 is 6.03 Å². The van der Waals surface area contributed by atoms with Crippen molar-refractivity contribution in [3.63, 3.8) is 0 Å². The van der Waals surface area contributed by atoms with E-state index in [0.29, 0.717) is 5.71 Å². The SMILES string of the molecule is COc1cccc(OC)c1C1C=CC2=NC(=O)NC2=C1. The van der Waals surface area contributed by atoms with Crippen LogP contribution in [0.1, 0.15) is 11.5 Å². The lowest BCUT2D eigenvalue weighted by Gasteiger charge is -2.20. The topological polar surface area (TPSA) is 59.9 Å². The molecule has 0 saturated carbocycles. The molecule has 0 aromatic heterocycles. The van der Waals surface area contributed by atoms with Crippen LogP contribution in [0.5, 0.6) is 11.5 Å². The molecule has 1 aromatic carbocycles. The molecule has 1 unspecified atom stereocenters. The number of carbonyl (C=O) groups is 1. The molecule has 102 valence electrons. The van der Waals surface area contributed by atoms with Gasteiger partial charge in [0.2, 0.25) is 0 Å². The van der Waals surface area contributed by atoms with Crippen molar-refractivity contribution in [2.75, 3.05) is 14.2 Å². The Bertz CT molecular complexity index is 637. The van der Waals surface area contributed by atoms with E-state index in [0.717, 1.165) is 22.8 Å². The average molecular weight is 270 g/mol. The molecule has 1 N–H and O–H groups in total. The molecule has 1 aliphatic heterocycles. The molecule has 0 spiro atoms. The summed E-state index contributed by atoms with van der Waals surface area (Å²) in [6.45, 7) is 0. The molecule has 20 heavy (non-hydrogen) atoms. The molecule has 3 rings (SSSR count). The summed E-state index contributed by atoms with van der Waals surface area (Å²) < 4.78 is 10.8. The number of allylic oxidation sites excluding steroid dienone is 3. The zero-order valence-electron chi connectivity index (χ0n) is 11.2. The smallest absolute Gasteiger partial charge is 0.346 e. The molecule has 0 radical (unpaired) electrons. The van der Waals surface area contributed by atoms with Gasteiger partial charge in [-0.15, -0.1) is 0 Å². The second-order valence-electron chi connectivity index (χ2n) is 4.47. The van der Waals surface area contributed by atoms with E-state index in [4.69, 9.17) is 9.47 Å². The minimum absolute atomic E-state index is 0.0338. The molecular formula is C15H14N2O3. The van der Waals surface area contributed by atoms with Gasteiger partial charge in [0.1, 0.15) is 11.5 Å². The van der Waals surface area contributed by atoms with Crippen LogP contribution in [0.4, 0.5) is 4.79 Å². The second-order valence-corrected chi connectivity index (χ2v) is 4.47. The zero-order chi connectivity index (χ0) is 14.1. The van der Waals surface area contributed by atoms with E-state index < -0.39 is 0 Å². The Morgan fingerprint density at radius 3 is 2.55 bits per heavy atom. The van der Waals surface area contributed by atoms with Crippen molar-refractivity contribution < 1.29 is 14.3 Å². The third-order valence-electron chi connectivity index (χ3n) is 3.35. The molecule has 1 aliphatic carbocycles. The van der Waals surface area contributed by atoms with Gasteiger partial charge < -0.3 is 14.8 Å². The number of methoxy groups -OCH3 is 2. The van der Waals surface area contributed by atoms with Gasteiger partial charge in [-0.25, -0.2) is 4.79 Å². The van der Waals surface area contributed by atoms with Gasteiger partial charge in [-0.2, -0.15) is 4.99 Å². The summed E-state index contributed by atoms with van der Waals surface area (Å²) in [6, 6.07) is 5.33. The highest BCUT2D eigenvalue weighted by Crippen LogP contribution is 2.38. The largest absolute Gasteiger partial charge is 0.496 e. The van der Waals surface area contributed by atoms with Crippen LogP contribution in [0.15, 0.2) is 47.1 Å². The summed E-state index contributed by atoms with van der Waals surface area (Å²) in [5.74, 6) is 1.47. The summed E-state index contributed by atoms with van der Waals surface area (Å²) in [4.78, 5) is 15.1. The van der Waals surface area contributed by atoms with E-state index in [1.807, 2.05) is 36.4 Å². The number of amides is 2. The molecule has 0 fully saturated rings. The summed E-state index contributed by atoms with van der Waals surface area (Å²) >= 11 is 0. The number of benzene rings is 1. The van der Waals surface area contributed by atoms with Crippen molar-refractivity contribution in [2.24, 2.45) is 4.99 Å². The molecule has 1 atom stereocenters. The average Bonchev–Trinajstić information content (AvgIpc) is 2.85. The Kier molecular flexibility index (Phi) is 3.02. The fraction of sp³-hybridized carbons (Fsp3) is 0.200. The number of rotatable bonds is 3. The molecule has 5 nitrogen and oxygen atoms in total. The van der Waals surface area contributed by atoms with Crippen molar-refractivity contribution in [1.82, 2.24) is 5.32 Å². The summed E-state index contributed by atoms with van der Waals surface area (Å²) in [5, 5.41) is 2.72. The number of hydrogen-bond donors (Lipinski definition) is 1. The second kappa shape index (κ2) is 4.85. The van der Waals surface area contributed by atoms with E-state index in [9.17, 15) is 4.79 Å². The maximum atomic E-state index is 11.3. The first kappa shape index (κ1) is 12.5. The van der Waals surface area contributed by atoms with E-state index in [-0.39, 0.29) is 11.9 Å². The van der Waals surface area contributed by atoms with E-state index >= 15 is 0 Å². The van der Waals surface area contributed by atoms with Crippen LogP contribution in [0.25, 0.3) is 0 Å². The third-order valence-corrected chi connectivity index (χ3v) is 3.35. The standard InChI is InChI=1S/C15H14N2O3/c1-19-12-4-3-5-13(20-2)14(12)9-6-7-10-11(8-9)17-15(18)16-10/h3-9H,1-2H3,(H,17,18). The minimum Gasteiger partial charge on any atom is -0.496 e. The molecule has 2 aliphatic rings. The van der Waals surface area contributed by atoms with Crippen LogP contribution in [-0.2, 0) is 0 Å². The van der Waals surface area contributed by atoms with Crippen molar-refractivity contribution in [3.05, 3.63) is 47.7 Å². The van der Waals surface area contributed by atoms with Crippen molar-refractivity contribution in [2.45, 2.75) is 5.92 Å². The van der Waals surface area contributed by atoms with Crippen molar-refractivity contribution in [3.8, 4) is 11.5 Å². The Morgan fingerprint density at radius 2 is 1.90 bits per heavy atom. The van der Waals surface area contributed by atoms with Crippen molar-refractivity contribution in [1.29, 1.82) is 0 Å². The van der Waals surface area contributed by atoms with Crippen LogP contribution in [0, 0.1) is 0 Å². The number of urea groups is 1. The van der Waals surface area contributed by atoms with Gasteiger partial charge in [0.05, 0.1) is 25.6 Å². The highest BCUT2D eigenvalue weighted by molar-refractivity contribution is 6.19. The first-order chi connectivity index (χ1) is 9.72. The van der Waals surface area contributed by atoms with Crippen LogP contribution >= 0.6 is 0 Å². The summed E-state index contributed by atoms with van der Waals surface area (Å²) in [7, 11) is 3.25. The van der Waals surface area contributed by atoms with Gasteiger partial charge in [-0.1, -0.05) is 12.1 Å². The Morgan fingerprint density at radius 1 is 1.20 bits per heavy atom. The van der Waals surface area contributed by atoms with Gasteiger partial charge in [0, 0.05) is 11.5 Å². The molecule has 0 saturated heterocycles. The van der Waals surface area contributed by atoms with Gasteiger partial charge in [0.15, 0.2) is 0 Å². The number of fused-ring (bicyclic) bond motifs is 1. The Balaban J connectivity index is 2.05. The van der Waals surface area contributed by atoms with Crippen LogP contribution in [-0.4, -0.2) is 26.0 Å². The van der Waals surface area contributed by atoms with E-state index in [2.05, 4.69) is 10.3 Å². The fourth-order valence-electron chi connectivity index (χ4n) is 2.45. The summed E-state index contributed by atoms with van der Waals surface area (Å²) in [5.41, 5.74) is 2.33. The highest BCUT2D eigenvalue weighted by Gasteiger charge is 2.25. The lowest BCUT2D eigenvalue weighted by molar-refractivity contribution is 0.253. The van der Waals surface area contributed by atoms with Crippen LogP contribution in [0.2, 0.25) is 0 Å². The number of carbonyl (C=O) groups excluding carboxylic acids is 1. The number of hydrogen-bond acceptors (Lipinski definition) is 3.